The summed E-state index contributed by atoms with van der Waals surface area (Å²) in [6.45, 7) is -2.48. The van der Waals surface area contributed by atoms with Gasteiger partial charge in [0.05, 0.1) is 45.7 Å². The van der Waals surface area contributed by atoms with Crippen LogP contribution in [0.1, 0.15) is 12.8 Å². The highest BCUT2D eigenvalue weighted by Gasteiger charge is 2.15. The lowest BCUT2D eigenvalue weighted by atomic mass is 10.3. The van der Waals surface area contributed by atoms with E-state index in [0.29, 0.717) is 13.7 Å². The molecule has 140 valence electrons. The molecule has 12 nitrogen and oxygen atoms in total. The number of aromatic nitrogens is 3. The number of carboxylic acid groups (broad SMARTS) is 1. The highest BCUT2D eigenvalue weighted by atomic mass is 16.5. The van der Waals surface area contributed by atoms with Crippen molar-refractivity contribution in [2.24, 2.45) is 0 Å². The Morgan fingerprint density at radius 2 is 1.24 bits per heavy atom. The van der Waals surface area contributed by atoms with E-state index in [1.54, 1.807) is 0 Å². The molecule has 0 bridgehead atoms. The Morgan fingerprint density at radius 1 is 0.800 bits per heavy atom. The summed E-state index contributed by atoms with van der Waals surface area (Å²) in [6, 6.07) is 0. The van der Waals surface area contributed by atoms with E-state index >= 15 is 0 Å². The minimum atomic E-state index is -1.17. The van der Waals surface area contributed by atoms with Crippen molar-refractivity contribution in [3.63, 3.8) is 0 Å². The second kappa shape index (κ2) is 9.54. The number of carbonyl (C=O) groups excluding carboxylic acids is 1. The molecule has 0 radical (unpaired) electrons. The lowest BCUT2D eigenvalue weighted by Gasteiger charge is -2.12. The smallest absolute Gasteiger partial charge is 0.336 e. The average Bonchev–Trinajstić information content (AvgIpc) is 2.56. The Kier molecular flexibility index (Phi) is 7.75. The molecule has 0 aliphatic carbocycles. The Morgan fingerprint density at radius 3 is 1.64 bits per heavy atom. The van der Waals surface area contributed by atoms with Gasteiger partial charge in [-0.1, -0.05) is 0 Å². The molecule has 0 saturated heterocycles. The lowest BCUT2D eigenvalue weighted by molar-refractivity contribution is -0.148. The van der Waals surface area contributed by atoms with Gasteiger partial charge in [-0.25, -0.2) is 28.1 Å². The fourth-order valence-electron chi connectivity index (χ4n) is 1.99. The maximum absolute atomic E-state index is 12.2. The number of rotatable bonds is 10. The van der Waals surface area contributed by atoms with Gasteiger partial charge in [0.15, 0.2) is 0 Å². The van der Waals surface area contributed by atoms with Crippen molar-refractivity contribution < 1.29 is 29.6 Å². The zero-order valence-corrected chi connectivity index (χ0v) is 13.3. The quantitative estimate of drug-likeness (QED) is 0.359. The zero-order valence-electron chi connectivity index (χ0n) is 13.3. The summed E-state index contributed by atoms with van der Waals surface area (Å²) < 4.78 is 6.63. The molecule has 1 heterocycles. The van der Waals surface area contributed by atoms with Gasteiger partial charge in [-0.15, -0.1) is 0 Å². The number of carbonyl (C=O) groups is 2. The number of hydrogen-bond donors (Lipinski definition) is 3. The van der Waals surface area contributed by atoms with Crippen LogP contribution in [0.3, 0.4) is 0 Å². The molecule has 0 aliphatic heterocycles. The number of esters is 1. The molecule has 0 spiro atoms. The van der Waals surface area contributed by atoms with Crippen LogP contribution in [0.25, 0.3) is 0 Å². The van der Waals surface area contributed by atoms with Gasteiger partial charge in [0.1, 0.15) is 6.61 Å². The molecule has 25 heavy (non-hydrogen) atoms. The third-order valence-corrected chi connectivity index (χ3v) is 3.15. The molecule has 0 amide bonds. The van der Waals surface area contributed by atoms with Gasteiger partial charge in [-0.05, 0) is 0 Å². The van der Waals surface area contributed by atoms with Crippen LogP contribution < -0.4 is 17.1 Å². The van der Waals surface area contributed by atoms with E-state index in [-0.39, 0.29) is 32.7 Å². The van der Waals surface area contributed by atoms with E-state index in [2.05, 4.69) is 0 Å². The summed E-state index contributed by atoms with van der Waals surface area (Å²) in [5.74, 6) is -1.98. The van der Waals surface area contributed by atoms with Crippen LogP contribution in [0, 0.1) is 0 Å². The summed E-state index contributed by atoms with van der Waals surface area (Å²) in [6.07, 6.45) is -0.771. The minimum absolute atomic E-state index is 0.345. The first-order chi connectivity index (χ1) is 11.8. The normalized spacial score (nSPS) is 10.6. The van der Waals surface area contributed by atoms with Gasteiger partial charge in [-0.2, -0.15) is 0 Å². The van der Waals surface area contributed by atoms with E-state index in [0.717, 1.165) is 0 Å². The van der Waals surface area contributed by atoms with Gasteiger partial charge in [0, 0.05) is 0 Å². The largest absolute Gasteiger partial charge is 0.481 e. The van der Waals surface area contributed by atoms with E-state index < -0.39 is 48.6 Å². The maximum Gasteiger partial charge on any atom is 0.336 e. The summed E-state index contributed by atoms with van der Waals surface area (Å²) in [5, 5.41) is 26.3. The first-order valence-corrected chi connectivity index (χ1v) is 7.37. The number of aliphatic carboxylic acids is 1. The fourth-order valence-corrected chi connectivity index (χ4v) is 1.99. The summed E-state index contributed by atoms with van der Waals surface area (Å²) >= 11 is 0. The van der Waals surface area contributed by atoms with Crippen molar-refractivity contribution in [2.45, 2.75) is 32.5 Å². The summed E-state index contributed by atoms with van der Waals surface area (Å²) in [7, 11) is 0. The Hall–Kier alpha value is -2.73. The molecule has 0 fully saturated rings. The molecule has 1 rings (SSSR count). The van der Waals surface area contributed by atoms with Crippen LogP contribution in [0.15, 0.2) is 14.4 Å². The molecule has 0 unspecified atom stereocenters. The second-order valence-electron chi connectivity index (χ2n) is 4.86. The predicted octanol–water partition coefficient (Wildman–Crippen LogP) is -3.44. The minimum Gasteiger partial charge on any atom is -0.481 e. The van der Waals surface area contributed by atoms with Crippen LogP contribution in [-0.4, -0.2) is 60.8 Å². The molecule has 0 aliphatic rings. The van der Waals surface area contributed by atoms with E-state index in [1.807, 2.05) is 0 Å². The number of aliphatic hydroxyl groups is 2. The number of ether oxygens (including phenoxy) is 1. The Bertz CT molecular complexity index is 745. The maximum atomic E-state index is 12.2. The summed E-state index contributed by atoms with van der Waals surface area (Å²) in [4.78, 5) is 58.0. The second-order valence-corrected chi connectivity index (χ2v) is 4.86. The first kappa shape index (κ1) is 20.3. The molecule has 0 aromatic carbocycles. The van der Waals surface area contributed by atoms with Crippen LogP contribution >= 0.6 is 0 Å². The van der Waals surface area contributed by atoms with Crippen LogP contribution in [0.5, 0.6) is 0 Å². The third kappa shape index (κ3) is 5.39. The van der Waals surface area contributed by atoms with Crippen molar-refractivity contribution >= 4 is 11.9 Å². The van der Waals surface area contributed by atoms with Crippen molar-refractivity contribution in [1.29, 1.82) is 0 Å². The molecule has 3 N–H and O–H groups in total. The molecule has 0 saturated carbocycles. The number of hydrogen-bond acceptors (Lipinski definition) is 8. The highest BCUT2D eigenvalue weighted by molar-refractivity contribution is 5.76. The van der Waals surface area contributed by atoms with Crippen molar-refractivity contribution in [3.05, 3.63) is 31.5 Å². The fraction of sp³-hybridized carbons (Fsp3) is 0.615. The topological polar surface area (TPSA) is 170 Å². The van der Waals surface area contributed by atoms with Crippen LogP contribution in [-0.2, 0) is 34.0 Å². The predicted molar refractivity (Wildman–Crippen MR) is 81.2 cm³/mol. The first-order valence-electron chi connectivity index (χ1n) is 7.37. The molecular weight excluding hydrogens is 342 g/mol. The summed E-state index contributed by atoms with van der Waals surface area (Å²) in [5.41, 5.74) is -2.94. The molecule has 1 aromatic rings. The van der Waals surface area contributed by atoms with E-state index in [1.165, 1.54) is 0 Å². The van der Waals surface area contributed by atoms with Gasteiger partial charge in [0.25, 0.3) is 0 Å². The van der Waals surface area contributed by atoms with Gasteiger partial charge < -0.3 is 20.1 Å². The Labute approximate surface area is 140 Å². The molecule has 1 aromatic heterocycles. The van der Waals surface area contributed by atoms with E-state index in [4.69, 9.17) is 20.1 Å². The van der Waals surface area contributed by atoms with Crippen molar-refractivity contribution in [2.75, 3.05) is 19.8 Å². The number of nitrogens with zero attached hydrogens (tertiary/aromatic N) is 3. The van der Waals surface area contributed by atoms with Gasteiger partial charge >= 0.3 is 29.0 Å². The van der Waals surface area contributed by atoms with Crippen LogP contribution in [0.4, 0.5) is 0 Å². The monoisotopic (exact) mass is 361 g/mol. The van der Waals surface area contributed by atoms with E-state index in [9.17, 15) is 24.0 Å². The van der Waals surface area contributed by atoms with Crippen LogP contribution in [0.2, 0.25) is 0 Å². The molecular formula is C13H19N3O9. The SMILES string of the molecule is O=C(O)CCC(=O)OCCn1c(=O)n(CCO)c(=O)n(CCO)c1=O. The zero-order chi connectivity index (χ0) is 19.0. The number of aliphatic hydroxyl groups excluding tert-OH is 2. The standard InChI is InChI=1S/C13H19N3O9/c17-6-3-14-11(22)15(4-7-18)13(24)16(12(14)23)5-8-25-10(21)2-1-9(19)20/h17-18H,1-8H2,(H,19,20). The third-order valence-electron chi connectivity index (χ3n) is 3.15. The van der Waals surface area contributed by atoms with Crippen molar-refractivity contribution in [3.8, 4) is 0 Å². The molecule has 12 heteroatoms. The molecule has 0 atom stereocenters. The van der Waals surface area contributed by atoms with Gasteiger partial charge in [-0.3, -0.25) is 9.59 Å². The lowest BCUT2D eigenvalue weighted by Crippen LogP contribution is -2.55. The average molecular weight is 361 g/mol. The van der Waals surface area contributed by atoms with Crippen molar-refractivity contribution in [1.82, 2.24) is 13.7 Å². The van der Waals surface area contributed by atoms with Gasteiger partial charge in [0.2, 0.25) is 0 Å². The Balaban J connectivity index is 3.00. The highest BCUT2D eigenvalue weighted by Crippen LogP contribution is 1.93. The number of carboxylic acids is 1.